The summed E-state index contributed by atoms with van der Waals surface area (Å²) >= 11 is 3.36. The fraction of sp³-hybridized carbons (Fsp3) is 0.200. The molecule has 0 saturated heterocycles. The van der Waals surface area contributed by atoms with Gasteiger partial charge in [0.15, 0.2) is 0 Å². The highest BCUT2D eigenvalue weighted by atomic mass is 79.9. The van der Waals surface area contributed by atoms with Crippen molar-refractivity contribution in [1.82, 2.24) is 9.78 Å². The molecule has 1 aromatic heterocycles. The van der Waals surface area contributed by atoms with E-state index >= 15 is 0 Å². The van der Waals surface area contributed by atoms with Crippen molar-refractivity contribution < 1.29 is 9.90 Å². The van der Waals surface area contributed by atoms with Gasteiger partial charge >= 0.3 is 5.97 Å². The number of halogens is 1. The molecule has 0 fully saturated rings. The van der Waals surface area contributed by atoms with Crippen molar-refractivity contribution in [2.24, 2.45) is 7.05 Å². The summed E-state index contributed by atoms with van der Waals surface area (Å²) in [4.78, 5) is 10.9. The van der Waals surface area contributed by atoms with E-state index in [0.717, 1.165) is 21.1 Å². The molecule has 0 aliphatic carbocycles. The standard InChI is InChI=1S/C10H9BrN2O2/c1-5-7-3-6(10(14)15)4-8(11)9(7)13(2)12-5/h3-4H,1-2H3,(H,14,15). The Morgan fingerprint density at radius 1 is 1.53 bits per heavy atom. The zero-order valence-corrected chi connectivity index (χ0v) is 9.87. The molecule has 0 unspecified atom stereocenters. The second-order valence-electron chi connectivity index (χ2n) is 3.37. The molecule has 4 nitrogen and oxygen atoms in total. The number of aromatic nitrogens is 2. The summed E-state index contributed by atoms with van der Waals surface area (Å²) < 4.78 is 2.49. The van der Waals surface area contributed by atoms with E-state index in [0.29, 0.717) is 0 Å². The molecular weight excluding hydrogens is 260 g/mol. The zero-order valence-electron chi connectivity index (χ0n) is 8.28. The topological polar surface area (TPSA) is 55.1 Å². The molecule has 0 saturated carbocycles. The third kappa shape index (κ3) is 1.52. The normalized spacial score (nSPS) is 10.9. The van der Waals surface area contributed by atoms with Crippen molar-refractivity contribution in [1.29, 1.82) is 0 Å². The van der Waals surface area contributed by atoms with E-state index < -0.39 is 5.97 Å². The van der Waals surface area contributed by atoms with Gasteiger partial charge in [-0.25, -0.2) is 4.79 Å². The first-order valence-electron chi connectivity index (χ1n) is 4.37. The van der Waals surface area contributed by atoms with E-state index in [2.05, 4.69) is 21.0 Å². The maximum Gasteiger partial charge on any atom is 0.335 e. The second-order valence-corrected chi connectivity index (χ2v) is 4.22. The number of aryl methyl sites for hydroxylation is 2. The highest BCUT2D eigenvalue weighted by Gasteiger charge is 2.12. The van der Waals surface area contributed by atoms with Gasteiger partial charge in [-0.05, 0) is 35.0 Å². The maximum absolute atomic E-state index is 10.9. The van der Waals surface area contributed by atoms with Gasteiger partial charge in [-0.1, -0.05) is 0 Å². The van der Waals surface area contributed by atoms with Crippen molar-refractivity contribution in [3.8, 4) is 0 Å². The fourth-order valence-electron chi connectivity index (χ4n) is 1.66. The first kappa shape index (κ1) is 10.2. The van der Waals surface area contributed by atoms with Gasteiger partial charge in [-0.3, -0.25) is 4.68 Å². The van der Waals surface area contributed by atoms with Gasteiger partial charge in [0.2, 0.25) is 0 Å². The van der Waals surface area contributed by atoms with Crippen LogP contribution in [-0.4, -0.2) is 20.9 Å². The van der Waals surface area contributed by atoms with E-state index in [1.165, 1.54) is 0 Å². The molecule has 1 aromatic carbocycles. The molecule has 78 valence electrons. The molecule has 0 amide bonds. The number of rotatable bonds is 1. The molecule has 15 heavy (non-hydrogen) atoms. The molecule has 2 aromatic rings. The lowest BCUT2D eigenvalue weighted by Crippen LogP contribution is -1.97. The van der Waals surface area contributed by atoms with Crippen LogP contribution in [-0.2, 0) is 7.05 Å². The number of carboxylic acids is 1. The predicted molar refractivity (Wildman–Crippen MR) is 60.1 cm³/mol. The summed E-state index contributed by atoms with van der Waals surface area (Å²) in [5.41, 5.74) is 2.01. The minimum Gasteiger partial charge on any atom is -0.478 e. The van der Waals surface area contributed by atoms with E-state index in [-0.39, 0.29) is 5.56 Å². The predicted octanol–water partition coefficient (Wildman–Crippen LogP) is 2.34. The van der Waals surface area contributed by atoms with Crippen LogP contribution < -0.4 is 0 Å². The van der Waals surface area contributed by atoms with Gasteiger partial charge in [0, 0.05) is 16.9 Å². The Bertz CT molecular complexity index is 560. The van der Waals surface area contributed by atoms with Crippen LogP contribution in [0.3, 0.4) is 0 Å². The number of hydrogen-bond acceptors (Lipinski definition) is 2. The first-order valence-corrected chi connectivity index (χ1v) is 5.16. The van der Waals surface area contributed by atoms with Crippen molar-refractivity contribution in [3.05, 3.63) is 27.9 Å². The van der Waals surface area contributed by atoms with Gasteiger partial charge < -0.3 is 5.11 Å². The number of benzene rings is 1. The maximum atomic E-state index is 10.9. The van der Waals surface area contributed by atoms with Crippen LogP contribution in [0.2, 0.25) is 0 Å². The van der Waals surface area contributed by atoms with Crippen molar-refractivity contribution in [3.63, 3.8) is 0 Å². The van der Waals surface area contributed by atoms with Crippen LogP contribution in [0.4, 0.5) is 0 Å². The summed E-state index contributed by atoms with van der Waals surface area (Å²) in [6.07, 6.45) is 0. The van der Waals surface area contributed by atoms with E-state index in [1.807, 2.05) is 14.0 Å². The number of carboxylic acid groups (broad SMARTS) is 1. The van der Waals surface area contributed by atoms with E-state index in [1.54, 1.807) is 16.8 Å². The Kier molecular flexibility index (Phi) is 2.26. The first-order chi connectivity index (χ1) is 7.00. The summed E-state index contributed by atoms with van der Waals surface area (Å²) in [6, 6.07) is 3.23. The highest BCUT2D eigenvalue weighted by molar-refractivity contribution is 9.10. The van der Waals surface area contributed by atoms with Crippen LogP contribution in [0.1, 0.15) is 16.1 Å². The molecule has 0 bridgehead atoms. The lowest BCUT2D eigenvalue weighted by atomic mass is 10.1. The largest absolute Gasteiger partial charge is 0.478 e. The summed E-state index contributed by atoms with van der Waals surface area (Å²) in [6.45, 7) is 1.86. The van der Waals surface area contributed by atoms with Gasteiger partial charge in [0.1, 0.15) is 0 Å². The molecular formula is C10H9BrN2O2. The van der Waals surface area contributed by atoms with Crippen LogP contribution in [0.15, 0.2) is 16.6 Å². The Morgan fingerprint density at radius 3 is 2.80 bits per heavy atom. The molecule has 1 heterocycles. The molecule has 0 aliphatic rings. The number of aromatic carboxylic acids is 1. The van der Waals surface area contributed by atoms with Crippen LogP contribution >= 0.6 is 15.9 Å². The third-order valence-electron chi connectivity index (χ3n) is 2.32. The monoisotopic (exact) mass is 268 g/mol. The van der Waals surface area contributed by atoms with Crippen LogP contribution in [0.5, 0.6) is 0 Å². The quantitative estimate of drug-likeness (QED) is 0.864. The highest BCUT2D eigenvalue weighted by Crippen LogP contribution is 2.27. The lowest BCUT2D eigenvalue weighted by Gasteiger charge is -2.00. The number of nitrogens with zero attached hydrogens (tertiary/aromatic N) is 2. The summed E-state index contributed by atoms with van der Waals surface area (Å²) in [7, 11) is 1.83. The van der Waals surface area contributed by atoms with Crippen LogP contribution in [0, 0.1) is 6.92 Å². The average molecular weight is 269 g/mol. The average Bonchev–Trinajstić information content (AvgIpc) is 2.42. The van der Waals surface area contributed by atoms with Gasteiger partial charge in [-0.15, -0.1) is 0 Å². The second kappa shape index (κ2) is 3.34. The van der Waals surface area contributed by atoms with Gasteiger partial charge in [-0.2, -0.15) is 5.10 Å². The molecule has 0 aliphatic heterocycles. The minimum absolute atomic E-state index is 0.269. The van der Waals surface area contributed by atoms with E-state index in [4.69, 9.17) is 5.11 Å². The Balaban J connectivity index is 2.87. The Hall–Kier alpha value is -1.36. The smallest absolute Gasteiger partial charge is 0.335 e. The molecule has 5 heteroatoms. The number of carbonyl (C=O) groups is 1. The molecule has 0 spiro atoms. The van der Waals surface area contributed by atoms with Crippen molar-refractivity contribution in [2.45, 2.75) is 6.92 Å². The summed E-state index contributed by atoms with van der Waals surface area (Å²) in [5.74, 6) is -0.930. The SMILES string of the molecule is Cc1nn(C)c2c(Br)cc(C(=O)O)cc12. The van der Waals surface area contributed by atoms with Crippen LogP contribution in [0.25, 0.3) is 10.9 Å². The Labute approximate surface area is 94.6 Å². The number of hydrogen-bond donors (Lipinski definition) is 1. The summed E-state index contributed by atoms with van der Waals surface area (Å²) in [5, 5.41) is 14.0. The van der Waals surface area contributed by atoms with Crippen molar-refractivity contribution >= 4 is 32.8 Å². The lowest BCUT2D eigenvalue weighted by molar-refractivity contribution is 0.0697. The third-order valence-corrected chi connectivity index (χ3v) is 2.93. The molecule has 2 rings (SSSR count). The van der Waals surface area contributed by atoms with Gasteiger partial charge in [0.05, 0.1) is 16.8 Å². The zero-order chi connectivity index (χ0) is 11.2. The van der Waals surface area contributed by atoms with E-state index in [9.17, 15) is 4.79 Å². The molecule has 1 N–H and O–H groups in total. The number of fused-ring (bicyclic) bond motifs is 1. The Morgan fingerprint density at radius 2 is 2.20 bits per heavy atom. The van der Waals surface area contributed by atoms with Crippen molar-refractivity contribution in [2.75, 3.05) is 0 Å². The molecule has 0 atom stereocenters. The van der Waals surface area contributed by atoms with Gasteiger partial charge in [0.25, 0.3) is 0 Å². The molecule has 0 radical (unpaired) electrons. The minimum atomic E-state index is -0.930. The fourth-order valence-corrected chi connectivity index (χ4v) is 2.37.